The van der Waals surface area contributed by atoms with Crippen molar-refractivity contribution in [2.75, 3.05) is 5.73 Å². The standard InChI is InChI=1S/C17H15FN2O/c1-10-6-8-12(9-7-10)14-16(20-21-17(14)19)13-5-3-4-11(2)15(13)18/h3-9H,19H2,1-2H3. The fourth-order valence-electron chi connectivity index (χ4n) is 2.32. The SMILES string of the molecule is Cc1ccc(-c2c(-c3cccc(C)c3F)noc2N)cc1. The minimum Gasteiger partial charge on any atom is -0.367 e. The van der Waals surface area contributed by atoms with E-state index >= 15 is 0 Å². The van der Waals surface area contributed by atoms with E-state index < -0.39 is 0 Å². The maximum absolute atomic E-state index is 14.3. The van der Waals surface area contributed by atoms with Gasteiger partial charge in [-0.25, -0.2) is 4.39 Å². The molecule has 0 radical (unpaired) electrons. The van der Waals surface area contributed by atoms with E-state index in [0.29, 0.717) is 22.4 Å². The predicted molar refractivity (Wildman–Crippen MR) is 81.2 cm³/mol. The lowest BCUT2D eigenvalue weighted by atomic mass is 9.98. The van der Waals surface area contributed by atoms with E-state index in [-0.39, 0.29) is 11.7 Å². The van der Waals surface area contributed by atoms with Gasteiger partial charge in [-0.2, -0.15) is 0 Å². The van der Waals surface area contributed by atoms with E-state index in [1.165, 1.54) is 0 Å². The Morgan fingerprint density at radius 3 is 2.48 bits per heavy atom. The van der Waals surface area contributed by atoms with Crippen molar-refractivity contribution < 1.29 is 8.91 Å². The van der Waals surface area contributed by atoms with Crippen LogP contribution in [0.15, 0.2) is 47.0 Å². The molecule has 0 atom stereocenters. The monoisotopic (exact) mass is 282 g/mol. The lowest BCUT2D eigenvalue weighted by Crippen LogP contribution is -1.92. The fraction of sp³-hybridized carbons (Fsp3) is 0.118. The fourth-order valence-corrected chi connectivity index (χ4v) is 2.32. The van der Waals surface area contributed by atoms with Crippen molar-refractivity contribution in [3.05, 3.63) is 59.4 Å². The summed E-state index contributed by atoms with van der Waals surface area (Å²) in [7, 11) is 0. The van der Waals surface area contributed by atoms with Crippen LogP contribution in [0, 0.1) is 19.7 Å². The summed E-state index contributed by atoms with van der Waals surface area (Å²) in [4.78, 5) is 0. The molecule has 1 heterocycles. The van der Waals surface area contributed by atoms with Crippen molar-refractivity contribution in [2.24, 2.45) is 0 Å². The quantitative estimate of drug-likeness (QED) is 0.760. The van der Waals surface area contributed by atoms with Crippen LogP contribution in [0.3, 0.4) is 0 Å². The molecule has 0 saturated heterocycles. The molecule has 0 unspecified atom stereocenters. The van der Waals surface area contributed by atoms with Gasteiger partial charge in [-0.3, -0.25) is 0 Å². The largest absolute Gasteiger partial charge is 0.367 e. The second-order valence-electron chi connectivity index (χ2n) is 5.07. The van der Waals surface area contributed by atoms with E-state index in [4.69, 9.17) is 10.3 Å². The van der Waals surface area contributed by atoms with Crippen LogP contribution in [0.5, 0.6) is 0 Å². The molecule has 0 fully saturated rings. The second-order valence-corrected chi connectivity index (χ2v) is 5.07. The van der Waals surface area contributed by atoms with Crippen molar-refractivity contribution in [3.8, 4) is 22.4 Å². The van der Waals surface area contributed by atoms with Gasteiger partial charge in [0.05, 0.1) is 5.56 Å². The van der Waals surface area contributed by atoms with E-state index in [9.17, 15) is 4.39 Å². The Morgan fingerprint density at radius 1 is 1.05 bits per heavy atom. The molecule has 3 aromatic rings. The molecule has 2 N–H and O–H groups in total. The van der Waals surface area contributed by atoms with Crippen molar-refractivity contribution in [3.63, 3.8) is 0 Å². The van der Waals surface area contributed by atoms with E-state index in [1.807, 2.05) is 31.2 Å². The van der Waals surface area contributed by atoms with Crippen LogP contribution in [0.25, 0.3) is 22.4 Å². The van der Waals surface area contributed by atoms with Crippen LogP contribution >= 0.6 is 0 Å². The number of benzene rings is 2. The number of hydrogen-bond donors (Lipinski definition) is 1. The minimum absolute atomic E-state index is 0.190. The summed E-state index contributed by atoms with van der Waals surface area (Å²) < 4.78 is 19.4. The van der Waals surface area contributed by atoms with Gasteiger partial charge in [0.1, 0.15) is 11.5 Å². The number of nitrogens with two attached hydrogens (primary N) is 1. The lowest BCUT2D eigenvalue weighted by Gasteiger charge is -2.06. The maximum atomic E-state index is 14.3. The second kappa shape index (κ2) is 5.05. The van der Waals surface area contributed by atoms with Crippen molar-refractivity contribution in [2.45, 2.75) is 13.8 Å². The van der Waals surface area contributed by atoms with E-state index in [0.717, 1.165) is 11.1 Å². The smallest absolute Gasteiger partial charge is 0.230 e. The zero-order valence-corrected chi connectivity index (χ0v) is 11.9. The first kappa shape index (κ1) is 13.4. The highest BCUT2D eigenvalue weighted by Gasteiger charge is 2.20. The van der Waals surface area contributed by atoms with Crippen LogP contribution in [-0.4, -0.2) is 5.16 Å². The highest BCUT2D eigenvalue weighted by atomic mass is 19.1. The molecule has 2 aromatic carbocycles. The molecule has 106 valence electrons. The molecule has 0 aliphatic carbocycles. The first-order valence-electron chi connectivity index (χ1n) is 6.65. The van der Waals surface area contributed by atoms with E-state index in [2.05, 4.69) is 5.16 Å². The average molecular weight is 282 g/mol. The number of hydrogen-bond acceptors (Lipinski definition) is 3. The van der Waals surface area contributed by atoms with Gasteiger partial charge in [-0.1, -0.05) is 47.1 Å². The number of anilines is 1. The Morgan fingerprint density at radius 2 is 1.76 bits per heavy atom. The van der Waals surface area contributed by atoms with Crippen LogP contribution in [0.4, 0.5) is 10.3 Å². The van der Waals surface area contributed by atoms with Crippen LogP contribution in [-0.2, 0) is 0 Å². The van der Waals surface area contributed by atoms with Crippen molar-refractivity contribution in [1.82, 2.24) is 5.16 Å². The highest BCUT2D eigenvalue weighted by molar-refractivity contribution is 5.87. The third-order valence-corrected chi connectivity index (χ3v) is 3.51. The molecule has 3 rings (SSSR count). The van der Waals surface area contributed by atoms with Gasteiger partial charge in [0, 0.05) is 5.56 Å². The Hall–Kier alpha value is -2.62. The molecule has 3 nitrogen and oxygen atoms in total. The summed E-state index contributed by atoms with van der Waals surface area (Å²) in [6, 6.07) is 13.0. The van der Waals surface area contributed by atoms with Gasteiger partial charge < -0.3 is 10.3 Å². The number of aryl methyl sites for hydroxylation is 2. The Balaban J connectivity index is 2.22. The first-order valence-corrected chi connectivity index (χ1v) is 6.65. The minimum atomic E-state index is -0.306. The summed E-state index contributed by atoms with van der Waals surface area (Å²) in [5.41, 5.74) is 9.88. The number of nitrogen functional groups attached to an aromatic ring is 1. The molecule has 0 saturated carbocycles. The van der Waals surface area contributed by atoms with Crippen LogP contribution < -0.4 is 5.73 Å². The van der Waals surface area contributed by atoms with Crippen molar-refractivity contribution in [1.29, 1.82) is 0 Å². The highest BCUT2D eigenvalue weighted by Crippen LogP contribution is 2.37. The number of halogens is 1. The molecule has 21 heavy (non-hydrogen) atoms. The molecule has 0 bridgehead atoms. The van der Waals surface area contributed by atoms with Crippen molar-refractivity contribution >= 4 is 5.88 Å². The molecule has 1 aromatic heterocycles. The lowest BCUT2D eigenvalue weighted by molar-refractivity contribution is 0.439. The van der Waals surface area contributed by atoms with Crippen LogP contribution in [0.1, 0.15) is 11.1 Å². The molecule has 0 aliphatic heterocycles. The molecule has 0 spiro atoms. The Labute approximate surface area is 122 Å². The van der Waals surface area contributed by atoms with Gasteiger partial charge in [-0.05, 0) is 31.0 Å². The summed E-state index contributed by atoms with van der Waals surface area (Å²) in [6.07, 6.45) is 0. The molecule has 0 amide bonds. The van der Waals surface area contributed by atoms with Crippen LogP contribution in [0.2, 0.25) is 0 Å². The number of nitrogens with zero attached hydrogens (tertiary/aromatic N) is 1. The summed E-state index contributed by atoms with van der Waals surface area (Å²) in [5.74, 6) is -0.117. The third-order valence-electron chi connectivity index (χ3n) is 3.51. The number of aromatic nitrogens is 1. The van der Waals surface area contributed by atoms with Gasteiger partial charge in [0.15, 0.2) is 0 Å². The van der Waals surface area contributed by atoms with E-state index in [1.54, 1.807) is 25.1 Å². The first-order chi connectivity index (χ1) is 10.1. The topological polar surface area (TPSA) is 52.0 Å². The average Bonchev–Trinajstić information content (AvgIpc) is 2.85. The Bertz CT molecular complexity index is 791. The maximum Gasteiger partial charge on any atom is 0.230 e. The Kier molecular flexibility index (Phi) is 3.22. The normalized spacial score (nSPS) is 10.8. The molecular formula is C17H15FN2O. The molecular weight excluding hydrogens is 267 g/mol. The van der Waals surface area contributed by atoms with Gasteiger partial charge in [-0.15, -0.1) is 0 Å². The zero-order chi connectivity index (χ0) is 15.0. The summed E-state index contributed by atoms with van der Waals surface area (Å²) in [5, 5.41) is 3.95. The molecule has 0 aliphatic rings. The van der Waals surface area contributed by atoms with Gasteiger partial charge in [0.2, 0.25) is 5.88 Å². The van der Waals surface area contributed by atoms with Gasteiger partial charge in [0.25, 0.3) is 0 Å². The zero-order valence-electron chi connectivity index (χ0n) is 11.9. The number of rotatable bonds is 2. The third kappa shape index (κ3) is 2.29. The summed E-state index contributed by atoms with van der Waals surface area (Å²) >= 11 is 0. The predicted octanol–water partition coefficient (Wildman–Crippen LogP) is 4.35. The summed E-state index contributed by atoms with van der Waals surface area (Å²) in [6.45, 7) is 3.72. The molecule has 4 heteroatoms. The van der Waals surface area contributed by atoms with Gasteiger partial charge >= 0.3 is 0 Å².